The van der Waals surface area contributed by atoms with Gasteiger partial charge in [-0.25, -0.2) is 0 Å². The van der Waals surface area contributed by atoms with E-state index in [1.807, 2.05) is 114 Å². The second kappa shape index (κ2) is 59.2. The van der Waals surface area contributed by atoms with Gasteiger partial charge in [0.25, 0.3) is 0 Å². The first-order chi connectivity index (χ1) is 42.9. The van der Waals surface area contributed by atoms with Gasteiger partial charge in [0.05, 0.1) is 12.7 Å². The van der Waals surface area contributed by atoms with E-state index < -0.39 is 64.5 Å². The summed E-state index contributed by atoms with van der Waals surface area (Å²) in [6, 6.07) is 18.6. The van der Waals surface area contributed by atoms with Crippen LogP contribution in [0.25, 0.3) is 0 Å². The average molecular weight is 1390 g/mol. The molecule has 0 N–H and O–H groups in total. The molecule has 2 rings (SSSR count). The number of unbranched alkanes of at least 4 members (excludes halogenated alkanes) is 5. The maximum Gasteiger partial charge on any atom is 0.537 e. The Morgan fingerprint density at radius 3 is 0.910 bits per heavy atom. The summed E-state index contributed by atoms with van der Waals surface area (Å²) in [5, 5.41) is 1.50. The largest absolute Gasteiger partial charge is 0.537 e. The highest BCUT2D eigenvalue weighted by Crippen LogP contribution is 2.29. The minimum Gasteiger partial charge on any atom is -0.497 e. The highest BCUT2D eigenvalue weighted by molar-refractivity contribution is 6.76. The Kier molecular flexibility index (Phi) is 61.2. The number of methoxy groups -OCH3 is 1. The van der Waals surface area contributed by atoms with Gasteiger partial charge >= 0.3 is 50.2 Å². The predicted octanol–water partition coefficient (Wildman–Crippen LogP) is 16.3. The topological polar surface area (TPSA) is 148 Å². The summed E-state index contributed by atoms with van der Waals surface area (Å²) in [6.45, 7) is 53.1. The fraction of sp³-hybridized carbons (Fsp3) is 0.812. The smallest absolute Gasteiger partial charge is 0.497 e. The van der Waals surface area contributed by atoms with Crippen molar-refractivity contribution in [2.24, 2.45) is 5.92 Å². The van der Waals surface area contributed by atoms with Crippen molar-refractivity contribution in [1.29, 1.82) is 1.23 Å². The number of benzene rings is 2. The SMILES string of the molecule is CCCCCCCC[Si](OCC)(OCC)OCC.CCO[Si](CC(C)C)(OCC)OCC.CCO[Si](CC)(OCC)OCC.CCO[Si](OCC)(OCC)c1ccc(C(F)(F)F)cc1.CCO[Si](OCC)(OCC)c1ccc(OC)cc1.[2H][Si](CC)(CC)CC. The maximum absolute atomic E-state index is 12.6. The fourth-order valence-corrected chi connectivity index (χ4v) is 23.2. The maximum atomic E-state index is 12.6. The van der Waals surface area contributed by atoms with Gasteiger partial charge in [0.2, 0.25) is 0 Å². The van der Waals surface area contributed by atoms with Gasteiger partial charge in [-0.1, -0.05) is 123 Å². The predicted molar refractivity (Wildman–Crippen MR) is 374 cm³/mol. The van der Waals surface area contributed by atoms with Crippen LogP contribution in [0.15, 0.2) is 48.5 Å². The van der Waals surface area contributed by atoms with Crippen LogP contribution in [-0.4, -0.2) is 160 Å². The molecule has 0 aromatic heterocycles. The van der Waals surface area contributed by atoms with Gasteiger partial charge in [0.1, 0.15) is 5.75 Å². The van der Waals surface area contributed by atoms with Crippen molar-refractivity contribution in [2.75, 3.05) is 106 Å². The standard InChI is InChI=1S/C14H32O3Si.C13H19F3O3Si.C13H22O4Si.C10H24O3Si.C8H20O3Si.C6H16Si/c1-5-9-10-11-12-13-14-18(15-6-2,16-7-3)17-8-4;1-4-17-20(18-5-2,19-6-3)12-9-7-11(8-10-12)13(14,15)16;1-5-15-18(16-6-2,17-7-3)13-10-8-12(14-4)9-11-13;1-6-11-14(12-7-2,13-8-3)9-10(4)5;1-5-9-12(8-4,10-6-2)11-7-3;1-4-7(5-2)6-3/h5-14H2,1-4H3;7-10H,4-6H2,1-3H3;8-11H,5-7H2,1-4H3;10H,6-9H2,1-5H3;5-8H2,1-4H3;7H,4-6H2,1-3H3/i;;;;;7D. The lowest BCUT2D eigenvalue weighted by Crippen LogP contribution is -2.56. The number of hydrogen-bond acceptors (Lipinski definition) is 16. The van der Waals surface area contributed by atoms with Gasteiger partial charge in [-0.15, -0.1) is 0 Å². The van der Waals surface area contributed by atoms with Gasteiger partial charge in [-0.3, -0.25) is 0 Å². The molecule has 0 unspecified atom stereocenters. The second-order valence-corrected chi connectivity index (χ2v) is 36.8. The lowest BCUT2D eigenvalue weighted by atomic mass is 10.1. The van der Waals surface area contributed by atoms with Gasteiger partial charge in [0.15, 0.2) is 0 Å². The van der Waals surface area contributed by atoms with Gasteiger partial charge in [-0.05, 0) is 140 Å². The summed E-state index contributed by atoms with van der Waals surface area (Å²) in [7, 11) is -12.7. The van der Waals surface area contributed by atoms with E-state index in [1.165, 1.54) is 44.2 Å². The molecule has 2 aromatic rings. The number of ether oxygens (including phenoxy) is 1. The molecule has 2 aromatic carbocycles. The van der Waals surface area contributed by atoms with Crippen molar-refractivity contribution in [3.8, 4) is 5.75 Å². The normalized spacial score (nSPS) is 12.3. The molecule has 0 heterocycles. The van der Waals surface area contributed by atoms with Crippen LogP contribution in [0.2, 0.25) is 36.3 Å². The molecule has 0 aliphatic heterocycles. The van der Waals surface area contributed by atoms with Crippen LogP contribution in [-0.2, 0) is 72.6 Å². The second-order valence-electron chi connectivity index (χ2n) is 19.7. The van der Waals surface area contributed by atoms with Crippen LogP contribution >= 0.6 is 0 Å². The minimum absolute atomic E-state index is 0.368. The number of rotatable bonds is 46. The van der Waals surface area contributed by atoms with Crippen LogP contribution in [0.3, 0.4) is 0 Å². The third-order valence-electron chi connectivity index (χ3n) is 12.7. The van der Waals surface area contributed by atoms with Crippen LogP contribution in [0.4, 0.5) is 13.2 Å². The highest BCUT2D eigenvalue weighted by atomic mass is 28.4. The van der Waals surface area contributed by atoms with Crippen molar-refractivity contribution in [2.45, 2.75) is 233 Å². The molecular weight excluding hydrogens is 1250 g/mol. The Morgan fingerprint density at radius 2 is 0.663 bits per heavy atom. The third-order valence-corrected chi connectivity index (χ3v) is 31.5. The highest BCUT2D eigenvalue weighted by Gasteiger charge is 2.45. The Labute approximate surface area is 551 Å². The number of hydrogen-bond donors (Lipinski definition) is 0. The van der Waals surface area contributed by atoms with E-state index in [9.17, 15) is 13.2 Å². The fourth-order valence-electron chi connectivity index (χ4n) is 8.97. The molecule has 0 atom stereocenters. The molecule has 530 valence electrons. The van der Waals surface area contributed by atoms with E-state index in [2.05, 4.69) is 41.5 Å². The summed E-state index contributed by atoms with van der Waals surface area (Å²) in [6.07, 6.45) is 3.40. The summed E-state index contributed by atoms with van der Waals surface area (Å²) < 4.78 is 136. The van der Waals surface area contributed by atoms with Crippen LogP contribution in [0, 0.1) is 5.92 Å². The first-order valence-electron chi connectivity index (χ1n) is 34.3. The first kappa shape index (κ1) is 91.9. The summed E-state index contributed by atoms with van der Waals surface area (Å²) in [5.41, 5.74) is -0.700. The Balaban J connectivity index is -0.000000503. The zero-order chi connectivity index (χ0) is 69.4. The van der Waals surface area contributed by atoms with E-state index in [4.69, 9.17) is 72.4 Å². The zero-order valence-corrected chi connectivity index (χ0v) is 66.5. The van der Waals surface area contributed by atoms with Crippen LogP contribution in [0.5, 0.6) is 5.75 Å². The lowest BCUT2D eigenvalue weighted by Gasteiger charge is -2.29. The number of alkyl halides is 3. The van der Waals surface area contributed by atoms with E-state index >= 15 is 0 Å². The molecule has 0 saturated heterocycles. The average Bonchev–Trinajstić information content (AvgIpc) is 3.29. The van der Waals surface area contributed by atoms with E-state index in [0.29, 0.717) is 110 Å². The molecule has 0 bridgehead atoms. The molecule has 0 saturated carbocycles. The first-order valence-corrected chi connectivity index (χ1v) is 45.2. The van der Waals surface area contributed by atoms with Gasteiger partial charge in [0, 0.05) is 138 Å². The number of halogens is 3. The van der Waals surface area contributed by atoms with Gasteiger partial charge in [-0.2, -0.15) is 13.2 Å². The molecule has 16 nitrogen and oxygen atoms in total. The molecule has 0 aliphatic rings. The molecule has 0 aliphatic carbocycles. The summed E-state index contributed by atoms with van der Waals surface area (Å²) in [5.74, 6) is 1.36. The molecular formula is C64H133F3O16Si6. The Morgan fingerprint density at radius 1 is 0.382 bits per heavy atom. The third kappa shape index (κ3) is 42.0. The molecule has 89 heavy (non-hydrogen) atoms. The Bertz CT molecular complexity index is 1780. The van der Waals surface area contributed by atoms with Crippen molar-refractivity contribution in [3.05, 3.63) is 54.1 Å². The zero-order valence-electron chi connectivity index (χ0n) is 61.5. The molecule has 0 spiro atoms. The lowest BCUT2D eigenvalue weighted by molar-refractivity contribution is -0.137. The Hall–Kier alpha value is -1.27. The monoisotopic (exact) mass is 1380 g/mol. The van der Waals surface area contributed by atoms with Crippen LogP contribution in [0.1, 0.15) is 196 Å². The minimum atomic E-state index is -4.36. The quantitative estimate of drug-likeness (QED) is 0.0457. The van der Waals surface area contributed by atoms with Crippen molar-refractivity contribution < 1.29 is 84.3 Å². The van der Waals surface area contributed by atoms with E-state index in [1.54, 1.807) is 27.9 Å². The van der Waals surface area contributed by atoms with Crippen molar-refractivity contribution in [1.82, 2.24) is 0 Å². The van der Waals surface area contributed by atoms with E-state index in [-0.39, 0.29) is 0 Å². The van der Waals surface area contributed by atoms with Gasteiger partial charge < -0.3 is 71.1 Å². The molecule has 25 heteroatoms. The molecule has 0 amide bonds. The van der Waals surface area contributed by atoms with Crippen molar-refractivity contribution in [3.63, 3.8) is 0 Å². The van der Waals surface area contributed by atoms with Crippen molar-refractivity contribution >= 4 is 63.1 Å². The van der Waals surface area contributed by atoms with E-state index in [0.717, 1.165) is 65.8 Å². The molecule has 0 radical (unpaired) electrons. The van der Waals surface area contributed by atoms with Crippen LogP contribution < -0.4 is 15.1 Å². The molecule has 0 fully saturated rings. The summed E-state index contributed by atoms with van der Waals surface area (Å²) in [4.78, 5) is 0. The summed E-state index contributed by atoms with van der Waals surface area (Å²) >= 11 is 0.